The van der Waals surface area contributed by atoms with E-state index in [1.165, 1.54) is 12.1 Å². The second-order valence-corrected chi connectivity index (χ2v) is 8.38. The molecule has 33 heavy (non-hydrogen) atoms. The number of benzene rings is 3. The predicted molar refractivity (Wildman–Crippen MR) is 128 cm³/mol. The van der Waals surface area contributed by atoms with Crippen LogP contribution in [0, 0.1) is 10.1 Å². The molecule has 166 valence electrons. The van der Waals surface area contributed by atoms with Crippen LogP contribution in [0.3, 0.4) is 0 Å². The van der Waals surface area contributed by atoms with Crippen LogP contribution in [0.4, 0.5) is 17.1 Å². The number of anilines is 2. The SMILES string of the molecule is CC1(C)C(=O)N(Cc2ccccc2)c2cc([N+](=O)[O-])c(NC(=O)/C=C/c3ccccc3)cc21. The van der Waals surface area contributed by atoms with Crippen LogP contribution in [0.25, 0.3) is 6.08 Å². The largest absolute Gasteiger partial charge is 0.317 e. The number of hydrogen-bond acceptors (Lipinski definition) is 4. The van der Waals surface area contributed by atoms with Crippen molar-refractivity contribution in [2.45, 2.75) is 25.8 Å². The Kier molecular flexibility index (Phi) is 5.79. The minimum absolute atomic E-state index is 0.0592. The molecule has 4 rings (SSSR count). The van der Waals surface area contributed by atoms with Crippen molar-refractivity contribution in [2.75, 3.05) is 10.2 Å². The highest BCUT2D eigenvalue weighted by atomic mass is 16.6. The Morgan fingerprint density at radius 1 is 1.06 bits per heavy atom. The molecule has 0 fully saturated rings. The Hall–Kier alpha value is -4.26. The zero-order valence-corrected chi connectivity index (χ0v) is 18.3. The molecule has 1 heterocycles. The summed E-state index contributed by atoms with van der Waals surface area (Å²) in [5.74, 6) is -0.645. The fourth-order valence-electron chi connectivity index (χ4n) is 3.95. The molecule has 1 aliphatic rings. The number of rotatable bonds is 6. The lowest BCUT2D eigenvalue weighted by atomic mass is 9.85. The second-order valence-electron chi connectivity index (χ2n) is 8.38. The van der Waals surface area contributed by atoms with Crippen molar-refractivity contribution >= 4 is 35.0 Å². The van der Waals surface area contributed by atoms with Gasteiger partial charge in [-0.15, -0.1) is 0 Å². The number of carbonyl (C=O) groups excluding carboxylic acids is 2. The molecule has 3 aromatic rings. The van der Waals surface area contributed by atoms with Crippen LogP contribution < -0.4 is 10.2 Å². The van der Waals surface area contributed by atoms with Crippen LogP contribution in [-0.4, -0.2) is 16.7 Å². The van der Waals surface area contributed by atoms with Gasteiger partial charge in [-0.1, -0.05) is 60.7 Å². The van der Waals surface area contributed by atoms with Gasteiger partial charge >= 0.3 is 0 Å². The van der Waals surface area contributed by atoms with Gasteiger partial charge in [0, 0.05) is 12.1 Å². The molecule has 0 radical (unpaired) electrons. The Morgan fingerprint density at radius 2 is 1.70 bits per heavy atom. The van der Waals surface area contributed by atoms with Crippen LogP contribution in [0.15, 0.2) is 78.9 Å². The molecule has 0 saturated heterocycles. The first-order valence-electron chi connectivity index (χ1n) is 10.5. The van der Waals surface area contributed by atoms with Crippen molar-refractivity contribution in [1.82, 2.24) is 0 Å². The van der Waals surface area contributed by atoms with Crippen molar-refractivity contribution in [3.63, 3.8) is 0 Å². The monoisotopic (exact) mass is 441 g/mol. The molecule has 0 saturated carbocycles. The first kappa shape index (κ1) is 22.0. The third-order valence-electron chi connectivity index (χ3n) is 5.72. The summed E-state index contributed by atoms with van der Waals surface area (Å²) in [7, 11) is 0. The van der Waals surface area contributed by atoms with E-state index in [1.807, 2.05) is 60.7 Å². The van der Waals surface area contributed by atoms with Gasteiger partial charge in [-0.3, -0.25) is 19.7 Å². The maximum Gasteiger partial charge on any atom is 0.294 e. The van der Waals surface area contributed by atoms with E-state index in [9.17, 15) is 19.7 Å². The van der Waals surface area contributed by atoms with E-state index in [1.54, 1.807) is 30.9 Å². The lowest BCUT2D eigenvalue weighted by molar-refractivity contribution is -0.383. The number of fused-ring (bicyclic) bond motifs is 1. The Morgan fingerprint density at radius 3 is 2.33 bits per heavy atom. The topological polar surface area (TPSA) is 92.6 Å². The Labute approximate surface area is 191 Å². The molecule has 1 N–H and O–H groups in total. The van der Waals surface area contributed by atoms with Gasteiger partial charge in [-0.2, -0.15) is 0 Å². The zero-order valence-electron chi connectivity index (χ0n) is 18.3. The first-order valence-corrected chi connectivity index (χ1v) is 10.5. The van der Waals surface area contributed by atoms with Gasteiger partial charge in [0.1, 0.15) is 5.69 Å². The average Bonchev–Trinajstić information content (AvgIpc) is 2.99. The Balaban J connectivity index is 1.69. The summed E-state index contributed by atoms with van der Waals surface area (Å²) in [6.07, 6.45) is 2.95. The van der Waals surface area contributed by atoms with Crippen molar-refractivity contribution in [2.24, 2.45) is 0 Å². The van der Waals surface area contributed by atoms with Gasteiger partial charge in [0.25, 0.3) is 5.69 Å². The number of carbonyl (C=O) groups is 2. The fourth-order valence-corrected chi connectivity index (χ4v) is 3.95. The number of nitrogens with one attached hydrogen (secondary N) is 1. The summed E-state index contributed by atoms with van der Waals surface area (Å²) < 4.78 is 0. The summed E-state index contributed by atoms with van der Waals surface area (Å²) in [6, 6.07) is 21.6. The van der Waals surface area contributed by atoms with Gasteiger partial charge < -0.3 is 10.2 Å². The normalized spacial score (nSPS) is 14.4. The standard InChI is InChI=1S/C26H23N3O4/c1-26(2)20-15-21(27-24(30)14-13-18-9-5-3-6-10-18)23(29(32)33)16-22(20)28(25(26)31)17-19-11-7-4-8-12-19/h3-16H,17H2,1-2H3,(H,27,30)/b14-13+. The molecule has 7 nitrogen and oxygen atoms in total. The smallest absolute Gasteiger partial charge is 0.294 e. The molecule has 0 unspecified atom stereocenters. The van der Waals surface area contributed by atoms with Gasteiger partial charge in [0.15, 0.2) is 0 Å². The number of nitro benzene ring substituents is 1. The molecule has 0 atom stereocenters. The number of amides is 2. The van der Waals surface area contributed by atoms with E-state index in [2.05, 4.69) is 5.32 Å². The van der Waals surface area contributed by atoms with Crippen LogP contribution in [0.1, 0.15) is 30.5 Å². The predicted octanol–water partition coefficient (Wildman–Crippen LogP) is 5.07. The van der Waals surface area contributed by atoms with Crippen molar-refractivity contribution in [1.29, 1.82) is 0 Å². The molecule has 7 heteroatoms. The van der Waals surface area contributed by atoms with Gasteiger partial charge in [0.2, 0.25) is 11.8 Å². The van der Waals surface area contributed by atoms with Crippen molar-refractivity contribution < 1.29 is 14.5 Å². The molecule has 3 aromatic carbocycles. The van der Waals surface area contributed by atoms with E-state index < -0.39 is 16.2 Å². The second kappa shape index (κ2) is 8.70. The summed E-state index contributed by atoms with van der Waals surface area (Å²) in [4.78, 5) is 38.6. The van der Waals surface area contributed by atoms with E-state index >= 15 is 0 Å². The quantitative estimate of drug-likeness (QED) is 0.328. The number of hydrogen-bond donors (Lipinski definition) is 1. The lowest BCUT2D eigenvalue weighted by Gasteiger charge is -2.20. The van der Waals surface area contributed by atoms with E-state index in [0.29, 0.717) is 17.8 Å². The molecular weight excluding hydrogens is 418 g/mol. The third kappa shape index (κ3) is 4.39. The molecule has 0 bridgehead atoms. The third-order valence-corrected chi connectivity index (χ3v) is 5.72. The summed E-state index contributed by atoms with van der Waals surface area (Å²) in [5, 5.41) is 14.4. The highest BCUT2D eigenvalue weighted by Gasteiger charge is 2.45. The summed E-state index contributed by atoms with van der Waals surface area (Å²) in [6.45, 7) is 3.87. The van der Waals surface area contributed by atoms with Crippen LogP contribution in [0.2, 0.25) is 0 Å². The zero-order chi connectivity index (χ0) is 23.6. The molecular formula is C26H23N3O4. The molecule has 0 aromatic heterocycles. The van der Waals surface area contributed by atoms with Crippen LogP contribution in [0.5, 0.6) is 0 Å². The van der Waals surface area contributed by atoms with E-state index in [0.717, 1.165) is 11.1 Å². The van der Waals surface area contributed by atoms with Gasteiger partial charge in [-0.25, -0.2) is 0 Å². The molecule has 2 amide bonds. The minimum Gasteiger partial charge on any atom is -0.317 e. The average molecular weight is 441 g/mol. The molecule has 0 aliphatic carbocycles. The van der Waals surface area contributed by atoms with E-state index in [-0.39, 0.29) is 17.3 Å². The maximum atomic E-state index is 13.2. The molecule has 1 aliphatic heterocycles. The highest BCUT2D eigenvalue weighted by molar-refractivity contribution is 6.10. The van der Waals surface area contributed by atoms with Crippen LogP contribution in [-0.2, 0) is 21.5 Å². The molecule has 0 spiro atoms. The van der Waals surface area contributed by atoms with E-state index in [4.69, 9.17) is 0 Å². The minimum atomic E-state index is -0.890. The highest BCUT2D eigenvalue weighted by Crippen LogP contribution is 2.46. The van der Waals surface area contributed by atoms with Gasteiger partial charge in [0.05, 0.1) is 22.6 Å². The summed E-state index contributed by atoms with van der Waals surface area (Å²) in [5.41, 5.74) is 1.77. The summed E-state index contributed by atoms with van der Waals surface area (Å²) >= 11 is 0. The Bertz CT molecular complexity index is 1250. The number of nitrogens with zero attached hydrogens (tertiary/aromatic N) is 2. The maximum absolute atomic E-state index is 13.2. The van der Waals surface area contributed by atoms with Crippen molar-refractivity contribution in [3.8, 4) is 0 Å². The van der Waals surface area contributed by atoms with Crippen molar-refractivity contribution in [3.05, 3.63) is 106 Å². The first-order chi connectivity index (χ1) is 15.8. The van der Waals surface area contributed by atoms with Gasteiger partial charge in [-0.05, 0) is 42.7 Å². The number of nitro groups is 1. The lowest BCUT2D eigenvalue weighted by Crippen LogP contribution is -2.35. The van der Waals surface area contributed by atoms with Crippen LogP contribution >= 0.6 is 0 Å². The fraction of sp³-hybridized carbons (Fsp3) is 0.154.